The first-order chi connectivity index (χ1) is 12.6. The zero-order valence-electron chi connectivity index (χ0n) is 14.0. The second-order valence-corrected chi connectivity index (χ2v) is 6.19. The molecule has 0 aliphatic carbocycles. The van der Waals surface area contributed by atoms with E-state index in [-0.39, 0.29) is 12.5 Å². The number of aromatic nitrogens is 2. The first kappa shape index (κ1) is 16.2. The van der Waals surface area contributed by atoms with Gasteiger partial charge in [0.15, 0.2) is 5.82 Å². The summed E-state index contributed by atoms with van der Waals surface area (Å²) in [4.78, 5) is 42.1. The van der Waals surface area contributed by atoms with Gasteiger partial charge in [-0.15, -0.1) is 5.10 Å². The van der Waals surface area contributed by atoms with Gasteiger partial charge >= 0.3 is 0 Å². The monoisotopic (exact) mass is 351 g/mol. The minimum atomic E-state index is -0.405. The van der Waals surface area contributed by atoms with Crippen molar-refractivity contribution in [1.29, 1.82) is 0 Å². The molecule has 3 heterocycles. The quantitative estimate of drug-likeness (QED) is 0.745. The Morgan fingerprint density at radius 3 is 2.15 bits per heavy atom. The van der Waals surface area contributed by atoms with Crippen molar-refractivity contribution >= 4 is 23.5 Å². The largest absolute Gasteiger partial charge is 0.352 e. The molecule has 132 valence electrons. The third-order valence-corrected chi connectivity index (χ3v) is 4.69. The fourth-order valence-corrected chi connectivity index (χ4v) is 3.27. The van der Waals surface area contributed by atoms with Crippen molar-refractivity contribution < 1.29 is 14.4 Å². The summed E-state index contributed by atoms with van der Waals surface area (Å²) in [5.74, 6) is -0.257. The number of rotatable bonds is 3. The summed E-state index contributed by atoms with van der Waals surface area (Å²) in [6.07, 6.45) is 1.62. The number of anilines is 1. The zero-order valence-corrected chi connectivity index (χ0v) is 14.0. The average molecular weight is 351 g/mol. The molecule has 0 saturated carbocycles. The molecule has 1 saturated heterocycles. The Labute approximate surface area is 150 Å². The third-order valence-electron chi connectivity index (χ3n) is 4.69. The first-order valence-corrected chi connectivity index (χ1v) is 8.41. The summed E-state index contributed by atoms with van der Waals surface area (Å²) in [6.45, 7) is 2.06. The van der Waals surface area contributed by atoms with Crippen molar-refractivity contribution in [3.63, 3.8) is 0 Å². The second-order valence-electron chi connectivity index (χ2n) is 6.19. The normalized spacial score (nSPS) is 16.8. The van der Waals surface area contributed by atoms with Gasteiger partial charge in [-0.3, -0.25) is 19.3 Å². The Bertz CT molecular complexity index is 827. The van der Waals surface area contributed by atoms with Gasteiger partial charge in [0.2, 0.25) is 5.91 Å². The number of benzene rings is 1. The number of fused-ring (bicyclic) bond motifs is 1. The number of piperazine rings is 1. The molecule has 1 aromatic carbocycles. The number of hydrogen-bond donors (Lipinski definition) is 0. The summed E-state index contributed by atoms with van der Waals surface area (Å²) < 4.78 is 0. The minimum absolute atomic E-state index is 0.224. The molecular weight excluding hydrogens is 334 g/mol. The Hall–Kier alpha value is -3.29. The summed E-state index contributed by atoms with van der Waals surface area (Å²) in [5, 5.41) is 7.94. The second kappa shape index (κ2) is 6.55. The van der Waals surface area contributed by atoms with E-state index in [0.29, 0.717) is 37.3 Å². The average Bonchev–Trinajstić information content (AvgIpc) is 2.94. The van der Waals surface area contributed by atoms with Crippen LogP contribution in [0.25, 0.3) is 0 Å². The summed E-state index contributed by atoms with van der Waals surface area (Å²) >= 11 is 0. The predicted octanol–water partition coefficient (Wildman–Crippen LogP) is 0.421. The Morgan fingerprint density at radius 2 is 1.58 bits per heavy atom. The molecule has 0 N–H and O–H groups in total. The van der Waals surface area contributed by atoms with Gasteiger partial charge in [0.1, 0.15) is 6.54 Å². The van der Waals surface area contributed by atoms with Crippen LogP contribution in [0.4, 0.5) is 5.82 Å². The molecular formula is C18H17N5O3. The molecule has 0 bridgehead atoms. The summed E-state index contributed by atoms with van der Waals surface area (Å²) in [5.41, 5.74) is 0.718. The Kier molecular flexibility index (Phi) is 4.08. The summed E-state index contributed by atoms with van der Waals surface area (Å²) in [7, 11) is 0. The minimum Gasteiger partial charge on any atom is -0.352 e. The lowest BCUT2D eigenvalue weighted by Gasteiger charge is -2.35. The molecule has 1 fully saturated rings. The van der Waals surface area contributed by atoms with Crippen molar-refractivity contribution in [1.82, 2.24) is 20.0 Å². The zero-order chi connectivity index (χ0) is 18.1. The van der Waals surface area contributed by atoms with Crippen LogP contribution in [0.3, 0.4) is 0 Å². The van der Waals surface area contributed by atoms with Gasteiger partial charge in [-0.05, 0) is 24.3 Å². The van der Waals surface area contributed by atoms with E-state index in [0.717, 1.165) is 10.7 Å². The van der Waals surface area contributed by atoms with Gasteiger partial charge in [0, 0.05) is 32.4 Å². The van der Waals surface area contributed by atoms with Crippen LogP contribution in [0.1, 0.15) is 20.7 Å². The predicted molar refractivity (Wildman–Crippen MR) is 92.6 cm³/mol. The van der Waals surface area contributed by atoms with E-state index in [1.54, 1.807) is 35.4 Å². The lowest BCUT2D eigenvalue weighted by Crippen LogP contribution is -2.52. The molecule has 2 aromatic rings. The van der Waals surface area contributed by atoms with Crippen LogP contribution >= 0.6 is 0 Å². The van der Waals surface area contributed by atoms with Gasteiger partial charge in [-0.2, -0.15) is 5.10 Å². The van der Waals surface area contributed by atoms with E-state index in [2.05, 4.69) is 15.1 Å². The van der Waals surface area contributed by atoms with E-state index < -0.39 is 11.8 Å². The molecule has 2 aliphatic heterocycles. The van der Waals surface area contributed by atoms with Crippen LogP contribution in [0.5, 0.6) is 0 Å². The van der Waals surface area contributed by atoms with Gasteiger partial charge < -0.3 is 9.80 Å². The topological polar surface area (TPSA) is 86.7 Å². The van der Waals surface area contributed by atoms with E-state index in [1.807, 2.05) is 12.1 Å². The highest BCUT2D eigenvalue weighted by Gasteiger charge is 2.37. The summed E-state index contributed by atoms with van der Waals surface area (Å²) in [6, 6.07) is 10.3. The SMILES string of the molecule is O=C(CN1C(=O)c2ccccc2C1=O)N1CCN(c2cccnn2)CC1. The maximum Gasteiger partial charge on any atom is 0.262 e. The van der Waals surface area contributed by atoms with Crippen molar-refractivity contribution in [3.8, 4) is 0 Å². The van der Waals surface area contributed by atoms with Crippen LogP contribution in [0, 0.1) is 0 Å². The van der Waals surface area contributed by atoms with Crippen LogP contribution in [-0.2, 0) is 4.79 Å². The van der Waals surface area contributed by atoms with Gasteiger partial charge in [-0.25, -0.2) is 0 Å². The molecule has 4 rings (SSSR count). The molecule has 0 radical (unpaired) electrons. The van der Waals surface area contributed by atoms with Crippen molar-refractivity contribution in [2.45, 2.75) is 0 Å². The van der Waals surface area contributed by atoms with E-state index in [4.69, 9.17) is 0 Å². The molecule has 3 amide bonds. The highest BCUT2D eigenvalue weighted by atomic mass is 16.2. The van der Waals surface area contributed by atoms with E-state index in [1.165, 1.54) is 0 Å². The maximum absolute atomic E-state index is 12.6. The fraction of sp³-hybridized carbons (Fsp3) is 0.278. The molecule has 8 heteroatoms. The van der Waals surface area contributed by atoms with Gasteiger partial charge in [-0.1, -0.05) is 12.1 Å². The number of carbonyl (C=O) groups excluding carboxylic acids is 3. The molecule has 2 aliphatic rings. The van der Waals surface area contributed by atoms with E-state index >= 15 is 0 Å². The van der Waals surface area contributed by atoms with Crippen LogP contribution in [0.2, 0.25) is 0 Å². The fourth-order valence-electron chi connectivity index (χ4n) is 3.27. The number of amides is 3. The third kappa shape index (κ3) is 2.79. The van der Waals surface area contributed by atoms with Gasteiger partial charge in [0.05, 0.1) is 11.1 Å². The van der Waals surface area contributed by atoms with E-state index in [9.17, 15) is 14.4 Å². The smallest absolute Gasteiger partial charge is 0.262 e. The van der Waals surface area contributed by atoms with Crippen molar-refractivity contribution in [2.24, 2.45) is 0 Å². The van der Waals surface area contributed by atoms with Gasteiger partial charge in [0.25, 0.3) is 11.8 Å². The first-order valence-electron chi connectivity index (χ1n) is 8.41. The van der Waals surface area contributed by atoms with Crippen molar-refractivity contribution in [2.75, 3.05) is 37.6 Å². The molecule has 0 spiro atoms. The lowest BCUT2D eigenvalue weighted by atomic mass is 10.1. The Morgan fingerprint density at radius 1 is 0.923 bits per heavy atom. The maximum atomic E-state index is 12.6. The molecule has 0 atom stereocenters. The van der Waals surface area contributed by atoms with Crippen LogP contribution in [-0.4, -0.2) is 70.4 Å². The van der Waals surface area contributed by atoms with Crippen LogP contribution in [0.15, 0.2) is 42.6 Å². The molecule has 26 heavy (non-hydrogen) atoms. The number of nitrogens with zero attached hydrogens (tertiary/aromatic N) is 5. The van der Waals surface area contributed by atoms with Crippen LogP contribution < -0.4 is 4.90 Å². The number of carbonyl (C=O) groups is 3. The standard InChI is InChI=1S/C18H17N5O3/c24-16(12-23-17(25)13-4-1-2-5-14(13)18(23)26)22-10-8-21(9-11-22)15-6-3-7-19-20-15/h1-7H,8-12H2. The number of imide groups is 1. The highest BCUT2D eigenvalue weighted by molar-refractivity contribution is 6.22. The highest BCUT2D eigenvalue weighted by Crippen LogP contribution is 2.22. The van der Waals surface area contributed by atoms with Crippen molar-refractivity contribution in [3.05, 3.63) is 53.7 Å². The lowest BCUT2D eigenvalue weighted by molar-refractivity contribution is -0.131. The Balaban J connectivity index is 1.38. The molecule has 0 unspecified atom stereocenters. The molecule has 8 nitrogen and oxygen atoms in total. The molecule has 1 aromatic heterocycles. The number of hydrogen-bond acceptors (Lipinski definition) is 6.